The molecule has 0 unspecified atom stereocenters. The highest BCUT2D eigenvalue weighted by Crippen LogP contribution is 2.20. The molecule has 0 aliphatic rings. The highest BCUT2D eigenvalue weighted by Gasteiger charge is 2.05. The van der Waals surface area contributed by atoms with Crippen LogP contribution >= 0.6 is 22.6 Å². The van der Waals surface area contributed by atoms with Gasteiger partial charge in [-0.1, -0.05) is 65.7 Å². The molecule has 0 aliphatic heterocycles. The van der Waals surface area contributed by atoms with Crippen LogP contribution in [0.1, 0.15) is 38.9 Å². The molecule has 0 saturated carbocycles. The number of aryl methyl sites for hydroxylation is 7. The zero-order valence-corrected chi connectivity index (χ0v) is 18.1. The fourth-order valence-corrected chi connectivity index (χ4v) is 4.24. The van der Waals surface area contributed by atoms with Gasteiger partial charge in [0, 0.05) is 3.57 Å². The summed E-state index contributed by atoms with van der Waals surface area (Å²) in [6.45, 7) is 6.53. The lowest BCUT2D eigenvalue weighted by Gasteiger charge is -2.10. The first-order chi connectivity index (χ1) is 12.5. The van der Waals surface area contributed by atoms with Crippen molar-refractivity contribution in [3.05, 3.63) is 103 Å². The monoisotopic (exact) mass is 454 g/mol. The second-order valence-electron chi connectivity index (χ2n) is 7.34. The molecule has 0 heterocycles. The molecule has 0 nitrogen and oxygen atoms in total. The quantitative estimate of drug-likeness (QED) is 0.360. The molecule has 0 N–H and O–H groups in total. The third kappa shape index (κ3) is 5.20. The van der Waals surface area contributed by atoms with Gasteiger partial charge in [0.25, 0.3) is 0 Å². The maximum Gasteiger partial charge on any atom is 0.0165 e. The predicted molar refractivity (Wildman–Crippen MR) is 121 cm³/mol. The van der Waals surface area contributed by atoms with Crippen LogP contribution in [0.15, 0.2) is 60.7 Å². The van der Waals surface area contributed by atoms with Gasteiger partial charge in [-0.3, -0.25) is 0 Å². The average Bonchev–Trinajstić information content (AvgIpc) is 2.62. The summed E-state index contributed by atoms with van der Waals surface area (Å²) in [5, 5.41) is 0. The molecule has 0 amide bonds. The Bertz CT molecular complexity index is 875. The van der Waals surface area contributed by atoms with E-state index in [4.69, 9.17) is 0 Å². The van der Waals surface area contributed by atoms with Crippen LogP contribution in [0, 0.1) is 24.3 Å². The number of benzene rings is 3. The van der Waals surface area contributed by atoms with E-state index >= 15 is 0 Å². The zero-order chi connectivity index (χ0) is 18.5. The van der Waals surface area contributed by atoms with Gasteiger partial charge in [0.2, 0.25) is 0 Å². The van der Waals surface area contributed by atoms with Crippen LogP contribution in [-0.4, -0.2) is 0 Å². The van der Waals surface area contributed by atoms with Crippen molar-refractivity contribution < 1.29 is 0 Å². The molecule has 3 aromatic carbocycles. The lowest BCUT2D eigenvalue weighted by atomic mass is 9.97. The summed E-state index contributed by atoms with van der Waals surface area (Å²) < 4.78 is 1.40. The summed E-state index contributed by atoms with van der Waals surface area (Å²) in [6.07, 6.45) is 4.44. The van der Waals surface area contributed by atoms with Crippen LogP contribution in [-0.2, 0) is 25.7 Å². The third-order valence-electron chi connectivity index (χ3n) is 5.10. The van der Waals surface area contributed by atoms with Gasteiger partial charge in [-0.15, -0.1) is 0 Å². The van der Waals surface area contributed by atoms with Crippen LogP contribution in [0.3, 0.4) is 0 Å². The molecule has 1 heteroatoms. The fraction of sp³-hybridized carbons (Fsp3) is 0.280. The smallest absolute Gasteiger partial charge is 0.0165 e. The lowest BCUT2D eigenvalue weighted by Crippen LogP contribution is -1.98. The molecule has 3 rings (SSSR count). The molecule has 3 aromatic rings. The maximum atomic E-state index is 2.50. The van der Waals surface area contributed by atoms with E-state index in [1.807, 2.05) is 0 Å². The predicted octanol–water partition coefficient (Wildman–Crippen LogP) is 6.79. The molecule has 0 bridgehead atoms. The maximum absolute atomic E-state index is 2.50. The van der Waals surface area contributed by atoms with E-state index in [1.165, 1.54) is 42.5 Å². The Kier molecular flexibility index (Phi) is 6.53. The standard InChI is InChI=1S/C25H27I/c1-18-4-7-21(8-5-18)9-10-22-11-13-24(25(26)17-22)15-14-23-12-6-19(2)16-20(23)3/h4-8,11-13,16-17H,9-10,14-15H2,1-3H3. The summed E-state index contributed by atoms with van der Waals surface area (Å²) in [7, 11) is 0. The summed E-state index contributed by atoms with van der Waals surface area (Å²) in [5.41, 5.74) is 9.87. The van der Waals surface area contributed by atoms with Gasteiger partial charge in [0.05, 0.1) is 0 Å². The highest BCUT2D eigenvalue weighted by molar-refractivity contribution is 14.1. The Morgan fingerprint density at radius 3 is 1.85 bits per heavy atom. The van der Waals surface area contributed by atoms with Gasteiger partial charge < -0.3 is 0 Å². The molecular formula is C25H27I. The van der Waals surface area contributed by atoms with Gasteiger partial charge in [-0.25, -0.2) is 0 Å². The second kappa shape index (κ2) is 8.85. The average molecular weight is 454 g/mol. The third-order valence-corrected chi connectivity index (χ3v) is 6.11. The summed E-state index contributed by atoms with van der Waals surface area (Å²) in [6, 6.07) is 22.7. The van der Waals surface area contributed by atoms with E-state index in [-0.39, 0.29) is 0 Å². The summed E-state index contributed by atoms with van der Waals surface area (Å²) in [4.78, 5) is 0. The van der Waals surface area contributed by atoms with E-state index in [1.54, 1.807) is 0 Å². The largest absolute Gasteiger partial charge is 0.0591 e. The molecular weight excluding hydrogens is 427 g/mol. The molecule has 134 valence electrons. The van der Waals surface area contributed by atoms with Crippen molar-refractivity contribution in [1.29, 1.82) is 0 Å². The van der Waals surface area contributed by atoms with Crippen molar-refractivity contribution in [1.82, 2.24) is 0 Å². The molecule has 0 atom stereocenters. The van der Waals surface area contributed by atoms with Crippen molar-refractivity contribution in [3.63, 3.8) is 0 Å². The Labute approximate surface area is 171 Å². The molecule has 0 aliphatic carbocycles. The topological polar surface area (TPSA) is 0 Å². The minimum Gasteiger partial charge on any atom is -0.0591 e. The molecule has 0 saturated heterocycles. The number of hydrogen-bond donors (Lipinski definition) is 0. The van der Waals surface area contributed by atoms with E-state index in [2.05, 4.69) is 104 Å². The fourth-order valence-electron chi connectivity index (χ4n) is 3.39. The Morgan fingerprint density at radius 1 is 0.577 bits per heavy atom. The van der Waals surface area contributed by atoms with E-state index in [0.717, 1.165) is 25.7 Å². The van der Waals surface area contributed by atoms with Gasteiger partial charge >= 0.3 is 0 Å². The SMILES string of the molecule is Cc1ccc(CCc2ccc(CCc3ccc(C)cc3C)c(I)c2)cc1. The van der Waals surface area contributed by atoms with Crippen LogP contribution < -0.4 is 0 Å². The first-order valence-corrected chi connectivity index (χ1v) is 10.5. The van der Waals surface area contributed by atoms with Crippen LogP contribution in [0.5, 0.6) is 0 Å². The molecule has 0 spiro atoms. The van der Waals surface area contributed by atoms with Crippen molar-refractivity contribution in [2.75, 3.05) is 0 Å². The van der Waals surface area contributed by atoms with Crippen molar-refractivity contribution in [3.8, 4) is 0 Å². The number of rotatable bonds is 6. The second-order valence-corrected chi connectivity index (χ2v) is 8.50. The Hall–Kier alpha value is -1.61. The van der Waals surface area contributed by atoms with Gasteiger partial charge in [-0.2, -0.15) is 0 Å². The van der Waals surface area contributed by atoms with Crippen LogP contribution in [0.25, 0.3) is 0 Å². The van der Waals surface area contributed by atoms with Gasteiger partial charge in [0.1, 0.15) is 0 Å². The van der Waals surface area contributed by atoms with Crippen LogP contribution in [0.2, 0.25) is 0 Å². The Balaban J connectivity index is 1.60. The Morgan fingerprint density at radius 2 is 1.15 bits per heavy atom. The normalized spacial score (nSPS) is 10.9. The van der Waals surface area contributed by atoms with Crippen molar-refractivity contribution >= 4 is 22.6 Å². The first-order valence-electron chi connectivity index (χ1n) is 9.40. The minimum atomic E-state index is 1.11. The lowest BCUT2D eigenvalue weighted by molar-refractivity contribution is 0.927. The van der Waals surface area contributed by atoms with Gasteiger partial charge in [-0.05, 0) is 103 Å². The molecule has 0 fully saturated rings. The molecule has 26 heavy (non-hydrogen) atoms. The molecule has 0 radical (unpaired) electrons. The first kappa shape index (κ1) is 19.2. The van der Waals surface area contributed by atoms with Gasteiger partial charge in [0.15, 0.2) is 0 Å². The van der Waals surface area contributed by atoms with Crippen LogP contribution in [0.4, 0.5) is 0 Å². The number of hydrogen-bond acceptors (Lipinski definition) is 0. The zero-order valence-electron chi connectivity index (χ0n) is 16.0. The van der Waals surface area contributed by atoms with E-state index in [0.29, 0.717) is 0 Å². The van der Waals surface area contributed by atoms with E-state index < -0.39 is 0 Å². The highest BCUT2D eigenvalue weighted by atomic mass is 127. The van der Waals surface area contributed by atoms with Crippen molar-refractivity contribution in [2.24, 2.45) is 0 Å². The van der Waals surface area contributed by atoms with E-state index in [9.17, 15) is 0 Å². The summed E-state index contributed by atoms with van der Waals surface area (Å²) in [5.74, 6) is 0. The summed E-state index contributed by atoms with van der Waals surface area (Å²) >= 11 is 2.50. The number of halogens is 1. The minimum absolute atomic E-state index is 1.11. The van der Waals surface area contributed by atoms with Crippen molar-refractivity contribution in [2.45, 2.75) is 46.5 Å². The molecule has 0 aromatic heterocycles.